The highest BCUT2D eigenvalue weighted by Gasteiger charge is 2.16. The lowest BCUT2D eigenvalue weighted by molar-refractivity contribution is 0.0824. The Morgan fingerprint density at radius 3 is 2.76 bits per heavy atom. The Morgan fingerprint density at radius 1 is 1.28 bits per heavy atom. The summed E-state index contributed by atoms with van der Waals surface area (Å²) in [7, 11) is 2.06. The quantitative estimate of drug-likeness (QED) is 0.405. The van der Waals surface area contributed by atoms with Gasteiger partial charge in [0, 0.05) is 51.5 Å². The summed E-state index contributed by atoms with van der Waals surface area (Å²) in [6.45, 7) is 7.53. The van der Waals surface area contributed by atoms with Crippen LogP contribution in [-0.4, -0.2) is 76.5 Å². The molecule has 7 heteroatoms. The van der Waals surface area contributed by atoms with Crippen LogP contribution in [0.3, 0.4) is 0 Å². The molecule has 2 aromatic rings. The Labute approximate surface area is 174 Å². The fourth-order valence-electron chi connectivity index (χ4n) is 3.60. The van der Waals surface area contributed by atoms with Gasteiger partial charge in [-0.2, -0.15) is 5.10 Å². The van der Waals surface area contributed by atoms with E-state index in [1.165, 1.54) is 0 Å². The van der Waals surface area contributed by atoms with Gasteiger partial charge in [0.25, 0.3) is 0 Å². The number of hydrogen-bond donors (Lipinski definition) is 2. The number of rotatable bonds is 8. The minimum atomic E-state index is -0.107. The van der Waals surface area contributed by atoms with Crippen molar-refractivity contribution in [3.8, 4) is 5.69 Å². The fraction of sp³-hybridized carbons (Fsp3) is 0.545. The standard InChI is InChI=1S/C22H34N6O/c1-3-23-22(24-12-7-13-27-14-10-21(29)11-15-27)26(2)17-19-16-25-28(18-19)20-8-5-4-6-9-20/h4-6,8-9,16,18,21,29H,3,7,10-15,17H2,1-2H3,(H,23,24). The normalized spacial score (nSPS) is 16.2. The van der Waals surface area contributed by atoms with Crippen LogP contribution in [0, 0.1) is 0 Å². The number of aliphatic imine (C=N–C) groups is 1. The van der Waals surface area contributed by atoms with Crippen molar-refractivity contribution in [1.29, 1.82) is 0 Å². The summed E-state index contributed by atoms with van der Waals surface area (Å²) in [5, 5.41) is 17.5. The fourth-order valence-corrected chi connectivity index (χ4v) is 3.60. The molecule has 1 aromatic carbocycles. The topological polar surface area (TPSA) is 68.9 Å². The van der Waals surface area contributed by atoms with E-state index in [9.17, 15) is 5.11 Å². The zero-order chi connectivity index (χ0) is 20.5. The van der Waals surface area contributed by atoms with E-state index in [1.807, 2.05) is 29.1 Å². The monoisotopic (exact) mass is 398 g/mol. The van der Waals surface area contributed by atoms with Crippen LogP contribution in [0.5, 0.6) is 0 Å². The smallest absolute Gasteiger partial charge is 0.193 e. The molecule has 1 saturated heterocycles. The van der Waals surface area contributed by atoms with Crippen molar-refractivity contribution in [2.45, 2.75) is 38.8 Å². The number of aliphatic hydroxyl groups is 1. The highest BCUT2D eigenvalue weighted by molar-refractivity contribution is 5.79. The Kier molecular flexibility index (Phi) is 8.07. The molecule has 1 aliphatic rings. The van der Waals surface area contributed by atoms with Gasteiger partial charge in [0.05, 0.1) is 18.0 Å². The van der Waals surface area contributed by atoms with E-state index >= 15 is 0 Å². The predicted octanol–water partition coefficient (Wildman–Crippen LogP) is 2.12. The van der Waals surface area contributed by atoms with Gasteiger partial charge in [-0.15, -0.1) is 0 Å². The molecule has 158 valence electrons. The summed E-state index contributed by atoms with van der Waals surface area (Å²) in [4.78, 5) is 9.38. The largest absolute Gasteiger partial charge is 0.393 e. The van der Waals surface area contributed by atoms with Gasteiger partial charge in [-0.1, -0.05) is 18.2 Å². The zero-order valence-corrected chi connectivity index (χ0v) is 17.7. The Hall–Kier alpha value is -2.38. The summed E-state index contributed by atoms with van der Waals surface area (Å²) < 4.78 is 1.91. The van der Waals surface area contributed by atoms with Gasteiger partial charge in [-0.05, 0) is 44.9 Å². The number of aromatic nitrogens is 2. The molecular formula is C22H34N6O. The number of likely N-dealkylation sites (tertiary alicyclic amines) is 1. The second-order valence-corrected chi connectivity index (χ2v) is 7.65. The maximum atomic E-state index is 9.61. The highest BCUT2D eigenvalue weighted by atomic mass is 16.3. The number of nitrogens with zero attached hydrogens (tertiary/aromatic N) is 5. The molecule has 0 bridgehead atoms. The molecule has 0 amide bonds. The van der Waals surface area contributed by atoms with Crippen molar-refractivity contribution in [3.05, 3.63) is 48.3 Å². The first-order valence-electron chi connectivity index (χ1n) is 10.6. The first-order valence-corrected chi connectivity index (χ1v) is 10.6. The minimum Gasteiger partial charge on any atom is -0.393 e. The Bertz CT molecular complexity index is 752. The summed E-state index contributed by atoms with van der Waals surface area (Å²) in [6.07, 6.45) is 6.70. The number of hydrogen-bond acceptors (Lipinski definition) is 4. The summed E-state index contributed by atoms with van der Waals surface area (Å²) in [5.41, 5.74) is 2.21. The SMILES string of the molecule is CCNC(=NCCCN1CCC(O)CC1)N(C)Cc1cnn(-c2ccccc2)c1. The lowest BCUT2D eigenvalue weighted by Gasteiger charge is -2.29. The molecule has 1 aliphatic heterocycles. The van der Waals surface area contributed by atoms with Crippen LogP contribution < -0.4 is 5.32 Å². The van der Waals surface area contributed by atoms with E-state index < -0.39 is 0 Å². The number of guanidine groups is 1. The third kappa shape index (κ3) is 6.58. The van der Waals surface area contributed by atoms with E-state index in [0.29, 0.717) is 0 Å². The molecule has 2 heterocycles. The summed E-state index contributed by atoms with van der Waals surface area (Å²) in [6, 6.07) is 10.1. The van der Waals surface area contributed by atoms with Gasteiger partial charge in [-0.3, -0.25) is 4.99 Å². The third-order valence-corrected chi connectivity index (χ3v) is 5.22. The van der Waals surface area contributed by atoms with Crippen LogP contribution in [0.1, 0.15) is 31.7 Å². The van der Waals surface area contributed by atoms with Crippen LogP contribution in [0.15, 0.2) is 47.7 Å². The maximum Gasteiger partial charge on any atom is 0.193 e. The van der Waals surface area contributed by atoms with E-state index in [0.717, 1.165) is 75.7 Å². The molecule has 0 aliphatic carbocycles. The number of para-hydroxylation sites is 1. The number of nitrogens with one attached hydrogen (secondary N) is 1. The van der Waals surface area contributed by atoms with Gasteiger partial charge in [-0.25, -0.2) is 4.68 Å². The van der Waals surface area contributed by atoms with Gasteiger partial charge in [0.15, 0.2) is 5.96 Å². The summed E-state index contributed by atoms with van der Waals surface area (Å²) in [5.74, 6) is 0.925. The van der Waals surface area contributed by atoms with E-state index in [-0.39, 0.29) is 6.10 Å². The van der Waals surface area contributed by atoms with Gasteiger partial charge < -0.3 is 20.2 Å². The van der Waals surface area contributed by atoms with Crippen molar-refractivity contribution in [2.75, 3.05) is 39.8 Å². The molecule has 3 rings (SSSR count). The highest BCUT2D eigenvalue weighted by Crippen LogP contribution is 2.11. The van der Waals surface area contributed by atoms with Crippen LogP contribution >= 0.6 is 0 Å². The summed E-state index contributed by atoms with van der Waals surface area (Å²) >= 11 is 0. The first kappa shape index (κ1) is 21.3. The molecule has 0 atom stereocenters. The maximum absolute atomic E-state index is 9.61. The van der Waals surface area contributed by atoms with Gasteiger partial charge in [0.2, 0.25) is 0 Å². The van der Waals surface area contributed by atoms with Crippen molar-refractivity contribution in [3.63, 3.8) is 0 Å². The second-order valence-electron chi connectivity index (χ2n) is 7.65. The van der Waals surface area contributed by atoms with Crippen LogP contribution in [0.2, 0.25) is 0 Å². The Balaban J connectivity index is 1.50. The van der Waals surface area contributed by atoms with Crippen molar-refractivity contribution < 1.29 is 5.11 Å². The molecule has 0 saturated carbocycles. The Morgan fingerprint density at radius 2 is 2.03 bits per heavy atom. The van der Waals surface area contributed by atoms with Crippen LogP contribution in [0.4, 0.5) is 0 Å². The number of piperidine rings is 1. The molecule has 7 nitrogen and oxygen atoms in total. The van der Waals surface area contributed by atoms with Crippen molar-refractivity contribution >= 4 is 5.96 Å². The molecule has 29 heavy (non-hydrogen) atoms. The van der Waals surface area contributed by atoms with Gasteiger partial charge >= 0.3 is 0 Å². The van der Waals surface area contributed by atoms with Crippen molar-refractivity contribution in [2.24, 2.45) is 4.99 Å². The molecular weight excluding hydrogens is 364 g/mol. The molecule has 1 fully saturated rings. The molecule has 1 aromatic heterocycles. The molecule has 0 spiro atoms. The average Bonchev–Trinajstić information content (AvgIpc) is 3.20. The lowest BCUT2D eigenvalue weighted by atomic mass is 10.1. The lowest BCUT2D eigenvalue weighted by Crippen LogP contribution is -2.39. The zero-order valence-electron chi connectivity index (χ0n) is 17.7. The molecule has 0 unspecified atom stereocenters. The number of benzene rings is 1. The van der Waals surface area contributed by atoms with Gasteiger partial charge in [0.1, 0.15) is 0 Å². The number of aliphatic hydroxyl groups excluding tert-OH is 1. The molecule has 2 N–H and O–H groups in total. The molecule has 0 radical (unpaired) electrons. The average molecular weight is 399 g/mol. The van der Waals surface area contributed by atoms with Crippen molar-refractivity contribution in [1.82, 2.24) is 24.9 Å². The second kappa shape index (κ2) is 11.0. The van der Waals surface area contributed by atoms with Crippen LogP contribution in [-0.2, 0) is 6.54 Å². The van der Waals surface area contributed by atoms with E-state index in [1.54, 1.807) is 0 Å². The van der Waals surface area contributed by atoms with E-state index in [4.69, 9.17) is 4.99 Å². The third-order valence-electron chi connectivity index (χ3n) is 5.22. The first-order chi connectivity index (χ1) is 14.2. The van der Waals surface area contributed by atoms with E-state index in [2.05, 4.69) is 52.5 Å². The minimum absolute atomic E-state index is 0.107. The predicted molar refractivity (Wildman–Crippen MR) is 117 cm³/mol. The van der Waals surface area contributed by atoms with Crippen LogP contribution in [0.25, 0.3) is 5.69 Å².